The van der Waals surface area contributed by atoms with Crippen molar-refractivity contribution >= 4 is 5.97 Å². The number of esters is 1. The number of hydrogen-bond donors (Lipinski definition) is 3. The number of rotatable bonds is 10. The zero-order valence-electron chi connectivity index (χ0n) is 22.9. The van der Waals surface area contributed by atoms with Crippen LogP contribution < -0.4 is 10.1 Å². The molecule has 0 amide bonds. The molecular formula is C31H43NO4. The molecule has 36 heavy (non-hydrogen) atoms. The maximum Gasteiger partial charge on any atom is 0.336 e. The van der Waals surface area contributed by atoms with E-state index < -0.39 is 12.1 Å². The highest BCUT2D eigenvalue weighted by atomic mass is 16.5. The van der Waals surface area contributed by atoms with E-state index in [1.54, 1.807) is 6.07 Å². The van der Waals surface area contributed by atoms with Gasteiger partial charge in [0.2, 0.25) is 0 Å². The van der Waals surface area contributed by atoms with Gasteiger partial charge in [-0.15, -0.1) is 0 Å². The first kappa shape index (κ1) is 29.3. The maximum atomic E-state index is 12.4. The van der Waals surface area contributed by atoms with Gasteiger partial charge >= 0.3 is 5.97 Å². The van der Waals surface area contributed by atoms with E-state index in [-0.39, 0.29) is 23.0 Å². The molecule has 1 aliphatic rings. The molecule has 0 aliphatic heterocycles. The Morgan fingerprint density at radius 3 is 2.58 bits per heavy atom. The van der Waals surface area contributed by atoms with E-state index in [2.05, 4.69) is 45.2 Å². The second kappa shape index (κ2) is 13.4. The standard InChI is InChI=1S/C31H43NO4/c1-21(2)32-20-28(34)25-14-16-27(33)29(19-25)36-30(35)18-23(4)11-8-10-22(3)13-15-26-24(5)12-9-17-31(26,6)7/h8,10-11,13-16,18-19,21,28,32-34H,9,12,17,20H2,1-7H3. The van der Waals surface area contributed by atoms with E-state index in [0.717, 1.165) is 11.1 Å². The lowest BCUT2D eigenvalue weighted by Gasteiger charge is -2.32. The van der Waals surface area contributed by atoms with Crippen LogP contribution in [-0.2, 0) is 4.79 Å². The van der Waals surface area contributed by atoms with Crippen LogP contribution in [0.25, 0.3) is 0 Å². The Hall–Kier alpha value is -2.89. The largest absolute Gasteiger partial charge is 0.504 e. The second-order valence-corrected chi connectivity index (χ2v) is 10.6. The van der Waals surface area contributed by atoms with Gasteiger partial charge in [0.15, 0.2) is 11.5 Å². The summed E-state index contributed by atoms with van der Waals surface area (Å²) in [4.78, 5) is 12.4. The van der Waals surface area contributed by atoms with E-state index in [1.165, 1.54) is 48.6 Å². The Bertz CT molecular complexity index is 1070. The summed E-state index contributed by atoms with van der Waals surface area (Å²) in [7, 11) is 0. The predicted molar refractivity (Wildman–Crippen MR) is 148 cm³/mol. The Morgan fingerprint density at radius 1 is 1.19 bits per heavy atom. The lowest BCUT2D eigenvalue weighted by Crippen LogP contribution is -2.27. The molecule has 1 aromatic rings. The predicted octanol–water partition coefficient (Wildman–Crippen LogP) is 6.86. The molecule has 0 bridgehead atoms. The van der Waals surface area contributed by atoms with Crippen molar-refractivity contribution in [2.75, 3.05) is 6.54 Å². The quantitative estimate of drug-likeness (QED) is 0.144. The number of carbonyl (C=O) groups excluding carboxylic acids is 1. The summed E-state index contributed by atoms with van der Waals surface area (Å²) in [6.45, 7) is 15.1. The number of phenols is 1. The maximum absolute atomic E-state index is 12.4. The van der Waals surface area contributed by atoms with Crippen LogP contribution in [0.5, 0.6) is 11.5 Å². The summed E-state index contributed by atoms with van der Waals surface area (Å²) in [5, 5.41) is 23.6. The monoisotopic (exact) mass is 493 g/mol. The number of benzene rings is 1. The lowest BCUT2D eigenvalue weighted by molar-refractivity contribution is -0.129. The number of carbonyl (C=O) groups is 1. The Balaban J connectivity index is 2.00. The van der Waals surface area contributed by atoms with Crippen molar-refractivity contribution in [2.45, 2.75) is 79.9 Å². The van der Waals surface area contributed by atoms with E-state index in [0.29, 0.717) is 12.1 Å². The zero-order valence-corrected chi connectivity index (χ0v) is 22.9. The summed E-state index contributed by atoms with van der Waals surface area (Å²) in [6.07, 6.45) is 14.4. The molecule has 0 saturated heterocycles. The van der Waals surface area contributed by atoms with Crippen LogP contribution in [0.3, 0.4) is 0 Å². The number of ether oxygens (including phenoxy) is 1. The van der Waals surface area contributed by atoms with Gasteiger partial charge in [-0.1, -0.05) is 75.3 Å². The third-order valence-electron chi connectivity index (χ3n) is 6.42. The molecule has 0 aromatic heterocycles. The molecule has 1 aromatic carbocycles. The van der Waals surface area contributed by atoms with E-state index in [9.17, 15) is 15.0 Å². The molecule has 5 heteroatoms. The first-order valence-corrected chi connectivity index (χ1v) is 12.8. The van der Waals surface area contributed by atoms with E-state index in [4.69, 9.17) is 4.74 Å². The van der Waals surface area contributed by atoms with Gasteiger partial charge in [0.25, 0.3) is 0 Å². The van der Waals surface area contributed by atoms with Crippen LogP contribution in [-0.4, -0.2) is 28.8 Å². The molecule has 2 rings (SSSR count). The van der Waals surface area contributed by atoms with Gasteiger partial charge in [-0.25, -0.2) is 4.79 Å². The summed E-state index contributed by atoms with van der Waals surface area (Å²) in [5.41, 5.74) is 5.51. The molecule has 196 valence electrons. The molecule has 0 saturated carbocycles. The number of aliphatic hydroxyl groups excluding tert-OH is 1. The first-order chi connectivity index (χ1) is 16.9. The van der Waals surface area contributed by atoms with Crippen molar-refractivity contribution in [1.82, 2.24) is 5.32 Å². The average Bonchev–Trinajstić information content (AvgIpc) is 2.78. The molecule has 0 fully saturated rings. The van der Waals surface area contributed by atoms with Gasteiger partial charge in [0.1, 0.15) is 0 Å². The van der Waals surface area contributed by atoms with Gasteiger partial charge in [-0.2, -0.15) is 0 Å². The molecule has 1 atom stereocenters. The van der Waals surface area contributed by atoms with Crippen molar-refractivity contribution in [3.8, 4) is 11.5 Å². The van der Waals surface area contributed by atoms with Gasteiger partial charge in [-0.05, 0) is 74.3 Å². The highest BCUT2D eigenvalue weighted by molar-refractivity contribution is 5.85. The molecule has 3 N–H and O–H groups in total. The molecule has 1 unspecified atom stereocenters. The van der Waals surface area contributed by atoms with Gasteiger partial charge in [-0.3, -0.25) is 0 Å². The van der Waals surface area contributed by atoms with Gasteiger partial charge in [0, 0.05) is 18.7 Å². The average molecular weight is 494 g/mol. The molecule has 1 aliphatic carbocycles. The Kier molecular flexibility index (Phi) is 10.9. The minimum atomic E-state index is -0.779. The van der Waals surface area contributed by atoms with Gasteiger partial charge in [0.05, 0.1) is 6.10 Å². The summed E-state index contributed by atoms with van der Waals surface area (Å²) in [5.74, 6) is -0.735. The highest BCUT2D eigenvalue weighted by Crippen LogP contribution is 2.40. The highest BCUT2D eigenvalue weighted by Gasteiger charge is 2.26. The normalized spacial score (nSPS) is 17.9. The van der Waals surface area contributed by atoms with Crippen LogP contribution in [0.2, 0.25) is 0 Å². The minimum absolute atomic E-state index is 0.0187. The van der Waals surface area contributed by atoms with Crippen molar-refractivity contribution < 1.29 is 19.7 Å². The third-order valence-corrected chi connectivity index (χ3v) is 6.42. The Labute approximate surface area is 217 Å². The molecule has 5 nitrogen and oxygen atoms in total. The molecule has 0 heterocycles. The number of aliphatic hydroxyl groups is 1. The number of aromatic hydroxyl groups is 1. The Morgan fingerprint density at radius 2 is 1.92 bits per heavy atom. The number of phenolic OH excluding ortho intramolecular Hbond substituents is 1. The molecular weight excluding hydrogens is 450 g/mol. The van der Waals surface area contributed by atoms with E-state index >= 15 is 0 Å². The first-order valence-electron chi connectivity index (χ1n) is 12.8. The summed E-state index contributed by atoms with van der Waals surface area (Å²) in [6, 6.07) is 4.75. The summed E-state index contributed by atoms with van der Waals surface area (Å²) >= 11 is 0. The fraction of sp³-hybridized carbons (Fsp3) is 0.452. The van der Waals surface area contributed by atoms with Crippen molar-refractivity contribution in [1.29, 1.82) is 0 Å². The van der Waals surface area contributed by atoms with Crippen molar-refractivity contribution in [2.24, 2.45) is 5.41 Å². The summed E-state index contributed by atoms with van der Waals surface area (Å²) < 4.78 is 5.33. The van der Waals surface area contributed by atoms with Crippen LogP contribution in [0, 0.1) is 5.41 Å². The van der Waals surface area contributed by atoms with Gasteiger partial charge < -0.3 is 20.3 Å². The number of allylic oxidation sites excluding steroid dienone is 9. The van der Waals surface area contributed by atoms with Crippen molar-refractivity contribution in [3.05, 3.63) is 82.5 Å². The smallest absolute Gasteiger partial charge is 0.336 e. The SMILES string of the molecule is CC(C=CC1=C(C)CCCC1(C)C)=CC=CC(C)=CC(=O)Oc1cc(C(O)CNC(C)C)ccc1O. The molecule has 0 spiro atoms. The molecule has 0 radical (unpaired) electrons. The third kappa shape index (κ3) is 9.29. The van der Waals surface area contributed by atoms with E-state index in [1.807, 2.05) is 39.0 Å². The topological polar surface area (TPSA) is 78.8 Å². The zero-order chi connectivity index (χ0) is 26.9. The van der Waals surface area contributed by atoms with Crippen molar-refractivity contribution in [3.63, 3.8) is 0 Å². The van der Waals surface area contributed by atoms with Crippen LogP contribution in [0.4, 0.5) is 0 Å². The fourth-order valence-corrected chi connectivity index (χ4v) is 4.29. The van der Waals surface area contributed by atoms with Crippen LogP contribution in [0.1, 0.15) is 79.4 Å². The van der Waals surface area contributed by atoms with Crippen LogP contribution >= 0.6 is 0 Å². The second-order valence-electron chi connectivity index (χ2n) is 10.6. The lowest BCUT2D eigenvalue weighted by atomic mass is 9.72. The van der Waals surface area contributed by atoms with Crippen LogP contribution in [0.15, 0.2) is 76.9 Å². The fourth-order valence-electron chi connectivity index (χ4n) is 4.29. The number of hydrogen-bond acceptors (Lipinski definition) is 5. The minimum Gasteiger partial charge on any atom is -0.504 e. The number of nitrogens with one attached hydrogen (secondary N) is 1.